The molecule has 0 bridgehead atoms. The summed E-state index contributed by atoms with van der Waals surface area (Å²) in [5, 5.41) is 9.09. The number of aliphatic hydroxyl groups is 1. The Morgan fingerprint density at radius 2 is 1.83 bits per heavy atom. The molecule has 1 aromatic carbocycles. The Morgan fingerprint density at radius 1 is 1.25 bits per heavy atom. The minimum absolute atomic E-state index is 0.0502. The first kappa shape index (κ1) is 19.2. The Hall–Kier alpha value is -1.12. The van der Waals surface area contributed by atoms with E-state index in [0.717, 1.165) is 43.5 Å². The SMILES string of the molecule is C[C@H](CCO)C1(CNS(=O)(=O)c2ccc(C(F)(F)F)cc2)CCC1. The number of halogens is 3. The zero-order valence-corrected chi connectivity index (χ0v) is 14.3. The maximum Gasteiger partial charge on any atom is 0.416 e. The molecule has 136 valence electrons. The lowest BCUT2D eigenvalue weighted by Gasteiger charge is -2.46. The second kappa shape index (κ2) is 7.01. The second-order valence-electron chi connectivity index (χ2n) is 6.48. The summed E-state index contributed by atoms with van der Waals surface area (Å²) in [6.45, 7) is 2.27. The maximum absolute atomic E-state index is 12.5. The number of alkyl halides is 3. The van der Waals surface area contributed by atoms with E-state index in [4.69, 9.17) is 5.11 Å². The number of aliphatic hydroxyl groups excluding tert-OH is 1. The van der Waals surface area contributed by atoms with Crippen LogP contribution in [0.4, 0.5) is 13.2 Å². The van der Waals surface area contributed by atoms with Crippen LogP contribution in [0.2, 0.25) is 0 Å². The Kier molecular flexibility index (Phi) is 5.61. The van der Waals surface area contributed by atoms with Crippen molar-refractivity contribution >= 4 is 10.0 Å². The van der Waals surface area contributed by atoms with Crippen LogP contribution >= 0.6 is 0 Å². The van der Waals surface area contributed by atoms with Gasteiger partial charge in [0.25, 0.3) is 0 Å². The van der Waals surface area contributed by atoms with Crippen molar-refractivity contribution in [3.63, 3.8) is 0 Å². The molecule has 0 radical (unpaired) electrons. The molecule has 0 saturated heterocycles. The summed E-state index contributed by atoms with van der Waals surface area (Å²) in [6.07, 6.45) is -1.13. The van der Waals surface area contributed by atoms with E-state index in [1.807, 2.05) is 6.92 Å². The summed E-state index contributed by atoms with van der Waals surface area (Å²) < 4.78 is 64.8. The minimum atomic E-state index is -4.49. The molecule has 2 rings (SSSR count). The van der Waals surface area contributed by atoms with Gasteiger partial charge in [-0.3, -0.25) is 0 Å². The van der Waals surface area contributed by atoms with Gasteiger partial charge >= 0.3 is 6.18 Å². The van der Waals surface area contributed by atoms with Gasteiger partial charge in [0.05, 0.1) is 10.5 Å². The molecule has 1 aliphatic carbocycles. The number of benzene rings is 1. The number of hydrogen-bond donors (Lipinski definition) is 2. The van der Waals surface area contributed by atoms with E-state index in [9.17, 15) is 21.6 Å². The monoisotopic (exact) mass is 365 g/mol. The summed E-state index contributed by atoms with van der Waals surface area (Å²) in [5.74, 6) is 0.173. The molecule has 0 spiro atoms. The fourth-order valence-electron chi connectivity index (χ4n) is 3.12. The molecule has 0 unspecified atom stereocenters. The molecule has 1 aliphatic rings. The van der Waals surface area contributed by atoms with Gasteiger partial charge < -0.3 is 5.11 Å². The molecule has 0 heterocycles. The van der Waals surface area contributed by atoms with Crippen LogP contribution in [-0.2, 0) is 16.2 Å². The van der Waals surface area contributed by atoms with Gasteiger partial charge in [-0.05, 0) is 54.9 Å². The molecule has 1 fully saturated rings. The second-order valence-corrected chi connectivity index (χ2v) is 8.24. The Morgan fingerprint density at radius 3 is 2.25 bits per heavy atom. The third kappa shape index (κ3) is 4.10. The van der Waals surface area contributed by atoms with Crippen LogP contribution in [0.15, 0.2) is 29.2 Å². The first-order valence-corrected chi connectivity index (χ1v) is 9.37. The topological polar surface area (TPSA) is 66.4 Å². The maximum atomic E-state index is 12.5. The van der Waals surface area contributed by atoms with Crippen molar-refractivity contribution in [1.82, 2.24) is 4.72 Å². The fraction of sp³-hybridized carbons (Fsp3) is 0.625. The average molecular weight is 365 g/mol. The summed E-state index contributed by atoms with van der Waals surface area (Å²) in [5.41, 5.74) is -1.06. The standard InChI is InChI=1S/C16H22F3NO3S/c1-12(7-10-21)15(8-2-9-15)11-20-24(22,23)14-5-3-13(4-6-14)16(17,18)19/h3-6,12,20-21H,2,7-11H2,1H3/t12-/m1/s1. The van der Waals surface area contributed by atoms with Crippen LogP contribution in [-0.4, -0.2) is 26.7 Å². The highest BCUT2D eigenvalue weighted by molar-refractivity contribution is 7.89. The van der Waals surface area contributed by atoms with Gasteiger partial charge in [0.1, 0.15) is 0 Å². The van der Waals surface area contributed by atoms with Crippen molar-refractivity contribution in [2.45, 2.75) is 43.7 Å². The minimum Gasteiger partial charge on any atom is -0.396 e. The predicted octanol–water partition coefficient (Wildman–Crippen LogP) is 3.17. The molecular weight excluding hydrogens is 343 g/mol. The first-order chi connectivity index (χ1) is 11.1. The van der Waals surface area contributed by atoms with E-state index in [2.05, 4.69) is 4.72 Å². The van der Waals surface area contributed by atoms with Crippen molar-refractivity contribution in [2.24, 2.45) is 11.3 Å². The molecule has 4 nitrogen and oxygen atoms in total. The molecule has 2 N–H and O–H groups in total. The molecule has 1 atom stereocenters. The lowest BCUT2D eigenvalue weighted by molar-refractivity contribution is -0.137. The quantitative estimate of drug-likeness (QED) is 0.780. The zero-order valence-electron chi connectivity index (χ0n) is 13.4. The van der Waals surface area contributed by atoms with Crippen molar-refractivity contribution in [1.29, 1.82) is 0 Å². The normalized spacial score (nSPS) is 18.9. The van der Waals surface area contributed by atoms with Crippen LogP contribution in [0, 0.1) is 11.3 Å². The van der Waals surface area contributed by atoms with Gasteiger partial charge in [0.2, 0.25) is 10.0 Å². The lowest BCUT2D eigenvalue weighted by atomic mass is 9.61. The molecule has 0 aliphatic heterocycles. The van der Waals surface area contributed by atoms with Gasteiger partial charge in [-0.15, -0.1) is 0 Å². The summed E-state index contributed by atoms with van der Waals surface area (Å²) in [7, 11) is -3.86. The third-order valence-corrected chi connectivity index (χ3v) is 6.48. The van der Waals surface area contributed by atoms with Gasteiger partial charge in [0.15, 0.2) is 0 Å². The molecular formula is C16H22F3NO3S. The number of nitrogens with one attached hydrogen (secondary N) is 1. The third-order valence-electron chi connectivity index (χ3n) is 5.06. The summed E-state index contributed by atoms with van der Waals surface area (Å²) in [4.78, 5) is -0.181. The molecule has 24 heavy (non-hydrogen) atoms. The highest BCUT2D eigenvalue weighted by atomic mass is 32.2. The van der Waals surface area contributed by atoms with E-state index < -0.39 is 21.8 Å². The molecule has 0 amide bonds. The lowest BCUT2D eigenvalue weighted by Crippen LogP contribution is -2.46. The van der Waals surface area contributed by atoms with Gasteiger partial charge in [0, 0.05) is 13.2 Å². The van der Waals surface area contributed by atoms with Crippen LogP contribution in [0.1, 0.15) is 38.2 Å². The highest BCUT2D eigenvalue weighted by Crippen LogP contribution is 2.48. The van der Waals surface area contributed by atoms with Crippen molar-refractivity contribution in [3.8, 4) is 0 Å². The Bertz CT molecular complexity index is 652. The zero-order chi connectivity index (χ0) is 18.0. The number of hydrogen-bond acceptors (Lipinski definition) is 3. The average Bonchev–Trinajstić information content (AvgIpc) is 2.45. The Labute approximate surface area is 140 Å². The van der Waals surface area contributed by atoms with Crippen molar-refractivity contribution in [2.75, 3.05) is 13.2 Å². The van der Waals surface area contributed by atoms with Crippen molar-refractivity contribution < 1.29 is 26.7 Å². The fourth-order valence-corrected chi connectivity index (χ4v) is 4.26. The van der Waals surface area contributed by atoms with Crippen LogP contribution in [0.25, 0.3) is 0 Å². The van der Waals surface area contributed by atoms with E-state index in [1.54, 1.807) is 0 Å². The molecule has 8 heteroatoms. The predicted molar refractivity (Wildman–Crippen MR) is 83.8 cm³/mol. The van der Waals surface area contributed by atoms with E-state index in [1.165, 1.54) is 0 Å². The largest absolute Gasteiger partial charge is 0.416 e. The first-order valence-electron chi connectivity index (χ1n) is 7.88. The Balaban J connectivity index is 2.08. The van der Waals surface area contributed by atoms with Crippen LogP contribution < -0.4 is 4.72 Å². The number of sulfonamides is 1. The van der Waals surface area contributed by atoms with Gasteiger partial charge in [-0.2, -0.15) is 13.2 Å². The van der Waals surface area contributed by atoms with Gasteiger partial charge in [-0.1, -0.05) is 13.3 Å². The van der Waals surface area contributed by atoms with Crippen molar-refractivity contribution in [3.05, 3.63) is 29.8 Å². The van der Waals surface area contributed by atoms with E-state index >= 15 is 0 Å². The van der Waals surface area contributed by atoms with Gasteiger partial charge in [-0.25, -0.2) is 13.1 Å². The van der Waals surface area contributed by atoms with Crippen LogP contribution in [0.3, 0.4) is 0 Å². The smallest absolute Gasteiger partial charge is 0.396 e. The molecule has 1 saturated carbocycles. The molecule has 1 aromatic rings. The number of rotatable bonds is 7. The van der Waals surface area contributed by atoms with E-state index in [-0.39, 0.29) is 29.4 Å². The summed E-state index contributed by atoms with van der Waals surface area (Å²) in [6, 6.07) is 3.47. The highest BCUT2D eigenvalue weighted by Gasteiger charge is 2.42. The van der Waals surface area contributed by atoms with Crippen LogP contribution in [0.5, 0.6) is 0 Å². The molecule has 0 aromatic heterocycles. The van der Waals surface area contributed by atoms with E-state index in [0.29, 0.717) is 6.42 Å². The summed E-state index contributed by atoms with van der Waals surface area (Å²) >= 11 is 0.